The molecule has 0 aliphatic carbocycles. The highest BCUT2D eigenvalue weighted by molar-refractivity contribution is 5.89. The van der Waals surface area contributed by atoms with Gasteiger partial charge in [0.15, 0.2) is 11.5 Å². The SMILES string of the molecule is CCc1ccc2c(c1)Oc1cc(OC)c(OC)cc1-c1nocc1-2. The first kappa shape index (κ1) is 14.6. The van der Waals surface area contributed by atoms with Crippen LogP contribution in [-0.2, 0) is 6.42 Å². The second-order valence-electron chi connectivity index (χ2n) is 5.57. The number of nitrogens with zero attached hydrogens (tertiary/aromatic N) is 1. The molecule has 3 aromatic rings. The summed E-state index contributed by atoms with van der Waals surface area (Å²) in [7, 11) is 3.21. The van der Waals surface area contributed by atoms with Crippen LogP contribution in [0.3, 0.4) is 0 Å². The number of benzene rings is 2. The molecule has 0 saturated heterocycles. The summed E-state index contributed by atoms with van der Waals surface area (Å²) in [6.07, 6.45) is 2.58. The Morgan fingerprint density at radius 2 is 1.67 bits per heavy atom. The first-order valence-corrected chi connectivity index (χ1v) is 7.77. The van der Waals surface area contributed by atoms with Crippen LogP contribution in [0.25, 0.3) is 22.4 Å². The van der Waals surface area contributed by atoms with Crippen molar-refractivity contribution in [3.8, 4) is 45.4 Å². The second kappa shape index (κ2) is 5.60. The Balaban J connectivity index is 2.00. The second-order valence-corrected chi connectivity index (χ2v) is 5.57. The molecule has 1 aliphatic rings. The fourth-order valence-corrected chi connectivity index (χ4v) is 2.96. The third kappa shape index (κ3) is 2.12. The number of hydrogen-bond donors (Lipinski definition) is 0. The lowest BCUT2D eigenvalue weighted by Gasteiger charge is -2.13. The van der Waals surface area contributed by atoms with Gasteiger partial charge in [0.1, 0.15) is 23.5 Å². The molecule has 1 aliphatic heterocycles. The molecule has 0 saturated carbocycles. The first-order chi connectivity index (χ1) is 11.7. The average Bonchev–Trinajstić information content (AvgIpc) is 3.06. The molecule has 0 radical (unpaired) electrons. The summed E-state index contributed by atoms with van der Waals surface area (Å²) in [5.41, 5.74) is 4.60. The van der Waals surface area contributed by atoms with Crippen molar-refractivity contribution in [2.75, 3.05) is 14.2 Å². The van der Waals surface area contributed by atoms with E-state index in [1.165, 1.54) is 5.56 Å². The molecule has 0 unspecified atom stereocenters. The van der Waals surface area contributed by atoms with Crippen molar-refractivity contribution in [1.29, 1.82) is 0 Å². The van der Waals surface area contributed by atoms with Crippen LogP contribution in [0.5, 0.6) is 23.0 Å². The van der Waals surface area contributed by atoms with Crippen molar-refractivity contribution >= 4 is 0 Å². The summed E-state index contributed by atoms with van der Waals surface area (Å²) in [6, 6.07) is 9.88. The van der Waals surface area contributed by atoms with Gasteiger partial charge in [0.25, 0.3) is 0 Å². The molecular weight excluding hydrogens is 306 g/mol. The number of fused-ring (bicyclic) bond motifs is 5. The predicted molar refractivity (Wildman–Crippen MR) is 89.9 cm³/mol. The van der Waals surface area contributed by atoms with Gasteiger partial charge in [0, 0.05) is 11.6 Å². The molecule has 0 bridgehead atoms. The zero-order valence-electron chi connectivity index (χ0n) is 13.8. The number of aromatic nitrogens is 1. The maximum absolute atomic E-state index is 6.21. The summed E-state index contributed by atoms with van der Waals surface area (Å²) < 4.78 is 22.3. The summed E-state index contributed by atoms with van der Waals surface area (Å²) in [5.74, 6) is 2.67. The normalized spacial score (nSPS) is 11.6. The van der Waals surface area contributed by atoms with E-state index in [1.807, 2.05) is 18.2 Å². The van der Waals surface area contributed by atoms with Crippen LogP contribution in [0.15, 0.2) is 41.1 Å². The number of aryl methyl sites for hydroxylation is 1. The Morgan fingerprint density at radius 1 is 0.917 bits per heavy atom. The number of ether oxygens (including phenoxy) is 3. The summed E-state index contributed by atoms with van der Waals surface area (Å²) in [6.45, 7) is 2.12. The molecule has 5 heteroatoms. The smallest absolute Gasteiger partial charge is 0.164 e. The molecule has 2 heterocycles. The predicted octanol–water partition coefficient (Wildman–Crippen LogP) is 4.69. The van der Waals surface area contributed by atoms with Crippen LogP contribution in [0.4, 0.5) is 0 Å². The van der Waals surface area contributed by atoms with E-state index in [2.05, 4.69) is 24.2 Å². The van der Waals surface area contributed by atoms with Gasteiger partial charge >= 0.3 is 0 Å². The van der Waals surface area contributed by atoms with Gasteiger partial charge in [-0.15, -0.1) is 0 Å². The highest BCUT2D eigenvalue weighted by Crippen LogP contribution is 2.49. The third-order valence-electron chi connectivity index (χ3n) is 4.27. The maximum atomic E-state index is 6.21. The van der Waals surface area contributed by atoms with Crippen molar-refractivity contribution in [2.24, 2.45) is 0 Å². The topological polar surface area (TPSA) is 53.7 Å². The van der Waals surface area contributed by atoms with E-state index < -0.39 is 0 Å². The number of methoxy groups -OCH3 is 2. The Hall–Kier alpha value is -2.95. The molecule has 0 amide bonds. The van der Waals surface area contributed by atoms with E-state index in [0.29, 0.717) is 17.2 Å². The van der Waals surface area contributed by atoms with Gasteiger partial charge in [0.2, 0.25) is 0 Å². The Kier molecular flexibility index (Phi) is 3.41. The molecule has 2 aromatic carbocycles. The lowest BCUT2D eigenvalue weighted by Crippen LogP contribution is -1.94. The minimum Gasteiger partial charge on any atom is -0.493 e. The standard InChI is InChI=1S/C19H17NO4/c1-4-11-5-6-12-14-10-23-20-19(14)13-8-17(21-2)18(22-3)9-16(13)24-15(12)7-11/h5-10H,4H2,1-3H3. The molecule has 1 aromatic heterocycles. The quantitative estimate of drug-likeness (QED) is 0.547. The molecule has 0 atom stereocenters. The van der Waals surface area contributed by atoms with E-state index in [0.717, 1.165) is 34.6 Å². The van der Waals surface area contributed by atoms with Gasteiger partial charge in [-0.05, 0) is 24.1 Å². The largest absolute Gasteiger partial charge is 0.493 e. The van der Waals surface area contributed by atoms with Crippen molar-refractivity contribution in [1.82, 2.24) is 5.16 Å². The number of hydrogen-bond acceptors (Lipinski definition) is 5. The van der Waals surface area contributed by atoms with Crippen LogP contribution in [0.2, 0.25) is 0 Å². The summed E-state index contributed by atoms with van der Waals surface area (Å²) >= 11 is 0. The van der Waals surface area contributed by atoms with E-state index in [1.54, 1.807) is 20.5 Å². The van der Waals surface area contributed by atoms with Gasteiger partial charge in [-0.1, -0.05) is 24.2 Å². The highest BCUT2D eigenvalue weighted by atomic mass is 16.5. The molecule has 0 fully saturated rings. The molecule has 0 N–H and O–H groups in total. The van der Waals surface area contributed by atoms with Gasteiger partial charge in [-0.25, -0.2) is 0 Å². The van der Waals surface area contributed by atoms with E-state index >= 15 is 0 Å². The number of rotatable bonds is 3. The minimum absolute atomic E-state index is 0.608. The van der Waals surface area contributed by atoms with Crippen LogP contribution in [0.1, 0.15) is 12.5 Å². The van der Waals surface area contributed by atoms with Crippen LogP contribution in [-0.4, -0.2) is 19.4 Å². The van der Waals surface area contributed by atoms with Gasteiger partial charge < -0.3 is 18.7 Å². The minimum atomic E-state index is 0.608. The Morgan fingerprint density at radius 3 is 2.42 bits per heavy atom. The fraction of sp³-hybridized carbons (Fsp3) is 0.211. The van der Waals surface area contributed by atoms with Crippen LogP contribution in [0, 0.1) is 0 Å². The van der Waals surface area contributed by atoms with E-state index in [4.69, 9.17) is 18.7 Å². The zero-order valence-corrected chi connectivity index (χ0v) is 13.8. The van der Waals surface area contributed by atoms with Gasteiger partial charge in [-0.2, -0.15) is 0 Å². The van der Waals surface area contributed by atoms with Gasteiger partial charge in [0.05, 0.1) is 25.3 Å². The van der Waals surface area contributed by atoms with E-state index in [-0.39, 0.29) is 0 Å². The fourth-order valence-electron chi connectivity index (χ4n) is 2.96. The Labute approximate surface area is 139 Å². The van der Waals surface area contributed by atoms with E-state index in [9.17, 15) is 0 Å². The van der Waals surface area contributed by atoms with Gasteiger partial charge in [-0.3, -0.25) is 0 Å². The Bertz CT molecular complexity index is 914. The third-order valence-corrected chi connectivity index (χ3v) is 4.27. The maximum Gasteiger partial charge on any atom is 0.164 e. The van der Waals surface area contributed by atoms with Crippen molar-refractivity contribution < 1.29 is 18.7 Å². The molecule has 0 spiro atoms. The van der Waals surface area contributed by atoms with Crippen LogP contribution < -0.4 is 14.2 Å². The van der Waals surface area contributed by atoms with Crippen molar-refractivity contribution in [3.05, 3.63) is 42.2 Å². The summed E-state index contributed by atoms with van der Waals surface area (Å²) in [5, 5.41) is 4.18. The molecule has 122 valence electrons. The van der Waals surface area contributed by atoms with Crippen molar-refractivity contribution in [2.45, 2.75) is 13.3 Å². The highest BCUT2D eigenvalue weighted by Gasteiger charge is 2.26. The molecule has 24 heavy (non-hydrogen) atoms. The average molecular weight is 323 g/mol. The monoisotopic (exact) mass is 323 g/mol. The van der Waals surface area contributed by atoms with Crippen LogP contribution >= 0.6 is 0 Å². The lowest BCUT2D eigenvalue weighted by atomic mass is 10.00. The summed E-state index contributed by atoms with van der Waals surface area (Å²) in [4.78, 5) is 0. The molecule has 4 rings (SSSR count). The first-order valence-electron chi connectivity index (χ1n) is 7.77. The zero-order chi connectivity index (χ0) is 16.7. The molecular formula is C19H17NO4. The lowest BCUT2D eigenvalue weighted by molar-refractivity contribution is 0.352. The molecule has 5 nitrogen and oxygen atoms in total. The van der Waals surface area contributed by atoms with Crippen molar-refractivity contribution in [3.63, 3.8) is 0 Å².